The zero-order valence-corrected chi connectivity index (χ0v) is 27.6. The number of nitrogens with zero attached hydrogens (tertiary/aromatic N) is 1. The van der Waals surface area contributed by atoms with Crippen molar-refractivity contribution < 1.29 is 40.9 Å². The second-order valence-corrected chi connectivity index (χ2v) is 15.4. The smallest absolute Gasteiger partial charge is 0.407 e. The van der Waals surface area contributed by atoms with Gasteiger partial charge in [-0.2, -0.15) is 4.31 Å². The van der Waals surface area contributed by atoms with E-state index in [2.05, 4.69) is 10.0 Å². The molecule has 2 saturated heterocycles. The summed E-state index contributed by atoms with van der Waals surface area (Å²) in [6, 6.07) is 20.4. The molecule has 2 atom stereocenters. The molecule has 0 bridgehead atoms. The Labute approximate surface area is 275 Å². The summed E-state index contributed by atoms with van der Waals surface area (Å²) < 4.78 is 71.8. The van der Waals surface area contributed by atoms with Crippen molar-refractivity contribution in [2.45, 2.75) is 53.4 Å². The molecule has 1 spiro atoms. The van der Waals surface area contributed by atoms with Crippen molar-refractivity contribution in [2.24, 2.45) is 5.73 Å². The van der Waals surface area contributed by atoms with Crippen LogP contribution in [-0.2, 0) is 36.1 Å². The fourth-order valence-electron chi connectivity index (χ4n) is 5.67. The first-order chi connectivity index (χ1) is 22.4. The van der Waals surface area contributed by atoms with Gasteiger partial charge in [0, 0.05) is 32.1 Å². The third kappa shape index (κ3) is 8.48. The Morgan fingerprint density at radius 2 is 1.72 bits per heavy atom. The van der Waals surface area contributed by atoms with E-state index < -0.39 is 43.9 Å². The van der Waals surface area contributed by atoms with E-state index in [1.54, 1.807) is 24.3 Å². The van der Waals surface area contributed by atoms with Gasteiger partial charge in [0.2, 0.25) is 20.0 Å². The minimum atomic E-state index is -3.73. The van der Waals surface area contributed by atoms with Crippen LogP contribution in [0.3, 0.4) is 0 Å². The Hall–Kier alpha value is -3.57. The molecule has 2 fully saturated rings. The molecule has 13 nitrogen and oxygen atoms in total. The molecule has 1 amide bonds. The van der Waals surface area contributed by atoms with Crippen LogP contribution in [0.4, 0.5) is 4.79 Å². The van der Waals surface area contributed by atoms with E-state index in [-0.39, 0.29) is 48.4 Å². The number of carbonyl (C=O) groups excluding carboxylic acids is 1. The molecule has 0 aliphatic carbocycles. The summed E-state index contributed by atoms with van der Waals surface area (Å²) in [7, 11) is -6.07. The van der Waals surface area contributed by atoms with E-state index in [1.165, 1.54) is 29.6 Å². The van der Waals surface area contributed by atoms with Crippen molar-refractivity contribution >= 4 is 26.1 Å². The summed E-state index contributed by atoms with van der Waals surface area (Å²) in [5.74, 6) is 0.248. The first-order valence-electron chi connectivity index (χ1n) is 15.3. The molecular formula is C32H40N4O9S2. The molecule has 2 aliphatic heterocycles. The Morgan fingerprint density at radius 3 is 2.43 bits per heavy atom. The normalized spacial score (nSPS) is 18.9. The van der Waals surface area contributed by atoms with Crippen LogP contribution in [-0.4, -0.2) is 90.0 Å². The number of carbonyl (C=O) groups is 1. The van der Waals surface area contributed by atoms with Gasteiger partial charge in [-0.3, -0.25) is 0 Å². The predicted molar refractivity (Wildman–Crippen MR) is 174 cm³/mol. The molecule has 0 radical (unpaired) electrons. The van der Waals surface area contributed by atoms with Crippen LogP contribution in [0.15, 0.2) is 82.6 Å². The number of sulfonamides is 2. The van der Waals surface area contributed by atoms with E-state index in [0.29, 0.717) is 25.8 Å². The van der Waals surface area contributed by atoms with Gasteiger partial charge in [0.15, 0.2) is 0 Å². The molecule has 15 heteroatoms. The summed E-state index contributed by atoms with van der Waals surface area (Å²) in [4.78, 5) is 12.7. The summed E-state index contributed by atoms with van der Waals surface area (Å²) in [6.07, 6.45) is -0.982. The van der Waals surface area contributed by atoms with E-state index in [1.807, 2.05) is 30.3 Å². The highest BCUT2D eigenvalue weighted by Gasteiger charge is 2.46. The lowest BCUT2D eigenvalue weighted by atomic mass is 9.89. The first-order valence-corrected chi connectivity index (χ1v) is 18.2. The Balaban J connectivity index is 1.07. The number of aliphatic hydroxyl groups excluding tert-OH is 1. The highest BCUT2D eigenvalue weighted by molar-refractivity contribution is 7.89. The molecule has 2 unspecified atom stereocenters. The SMILES string of the molecule is CNS(=O)(=O)c1cccc(OCC(O)CNC(=O)OC2COC3(CCN(S(=O)(=O)c4cccc(-c5ccc(CN)cc5)c4)CC3)C2)c1. The van der Waals surface area contributed by atoms with Crippen molar-refractivity contribution in [3.63, 3.8) is 0 Å². The number of hydrogen-bond donors (Lipinski definition) is 4. The topological polar surface area (TPSA) is 187 Å². The average molecular weight is 689 g/mol. The summed E-state index contributed by atoms with van der Waals surface area (Å²) in [5.41, 5.74) is 7.80. The number of piperidine rings is 1. The van der Waals surface area contributed by atoms with Crippen molar-refractivity contribution in [1.29, 1.82) is 0 Å². The van der Waals surface area contributed by atoms with Crippen LogP contribution in [0.1, 0.15) is 24.8 Å². The number of amides is 1. The van der Waals surface area contributed by atoms with Gasteiger partial charge in [0.05, 0.1) is 28.5 Å². The second kappa shape index (κ2) is 14.7. The highest BCUT2D eigenvalue weighted by atomic mass is 32.2. The summed E-state index contributed by atoms with van der Waals surface area (Å²) >= 11 is 0. The van der Waals surface area contributed by atoms with Gasteiger partial charge in [-0.1, -0.05) is 42.5 Å². The Kier molecular flexibility index (Phi) is 10.9. The molecule has 2 aliphatic rings. The molecule has 3 aromatic rings. The van der Waals surface area contributed by atoms with Gasteiger partial charge in [-0.25, -0.2) is 26.4 Å². The summed E-state index contributed by atoms with van der Waals surface area (Å²) in [6.45, 7) is 0.814. The fourth-order valence-corrected chi connectivity index (χ4v) is 7.93. The molecule has 0 aromatic heterocycles. The lowest BCUT2D eigenvalue weighted by molar-refractivity contribution is -0.0325. The minimum absolute atomic E-state index is 0.0216. The minimum Gasteiger partial charge on any atom is -0.491 e. The number of nitrogens with one attached hydrogen (secondary N) is 2. The lowest BCUT2D eigenvalue weighted by Crippen LogP contribution is -2.46. The lowest BCUT2D eigenvalue weighted by Gasteiger charge is -2.37. The number of alkyl carbamates (subject to hydrolysis) is 1. The molecule has 0 saturated carbocycles. The van der Waals surface area contributed by atoms with Gasteiger partial charge >= 0.3 is 6.09 Å². The number of aliphatic hydroxyl groups is 1. The Bertz CT molecular complexity index is 1760. The molecule has 3 aromatic carbocycles. The number of ether oxygens (including phenoxy) is 3. The zero-order valence-electron chi connectivity index (χ0n) is 26.0. The van der Waals surface area contributed by atoms with Gasteiger partial charge in [-0.15, -0.1) is 0 Å². The van der Waals surface area contributed by atoms with Crippen molar-refractivity contribution in [3.8, 4) is 16.9 Å². The average Bonchev–Trinajstić information content (AvgIpc) is 3.47. The van der Waals surface area contributed by atoms with Crippen molar-refractivity contribution in [2.75, 3.05) is 39.9 Å². The van der Waals surface area contributed by atoms with E-state index in [4.69, 9.17) is 19.9 Å². The fraction of sp³-hybridized carbons (Fsp3) is 0.406. The number of nitrogens with two attached hydrogens (primary N) is 1. The van der Waals surface area contributed by atoms with Gasteiger partial charge in [-0.05, 0) is 60.8 Å². The van der Waals surface area contributed by atoms with E-state index in [0.717, 1.165) is 16.7 Å². The first kappa shape index (κ1) is 34.8. The number of hydrogen-bond acceptors (Lipinski definition) is 10. The molecule has 5 N–H and O–H groups in total. The predicted octanol–water partition coefficient (Wildman–Crippen LogP) is 2.20. The largest absolute Gasteiger partial charge is 0.491 e. The second-order valence-electron chi connectivity index (χ2n) is 11.6. The maximum atomic E-state index is 13.5. The molecule has 2 heterocycles. The van der Waals surface area contributed by atoms with Crippen LogP contribution < -0.4 is 20.5 Å². The maximum absolute atomic E-state index is 13.5. The van der Waals surface area contributed by atoms with Crippen LogP contribution >= 0.6 is 0 Å². The van der Waals surface area contributed by atoms with Crippen LogP contribution in [0.5, 0.6) is 5.75 Å². The molecule has 5 rings (SSSR count). The van der Waals surface area contributed by atoms with E-state index in [9.17, 15) is 26.7 Å². The van der Waals surface area contributed by atoms with Gasteiger partial charge in [0.1, 0.15) is 24.6 Å². The number of benzene rings is 3. The van der Waals surface area contributed by atoms with Crippen molar-refractivity contribution in [1.82, 2.24) is 14.3 Å². The highest BCUT2D eigenvalue weighted by Crippen LogP contribution is 2.38. The maximum Gasteiger partial charge on any atom is 0.407 e. The summed E-state index contributed by atoms with van der Waals surface area (Å²) in [5, 5.41) is 12.8. The third-order valence-corrected chi connectivity index (χ3v) is 11.7. The van der Waals surface area contributed by atoms with E-state index >= 15 is 0 Å². The van der Waals surface area contributed by atoms with Crippen LogP contribution in [0.25, 0.3) is 11.1 Å². The van der Waals surface area contributed by atoms with Crippen LogP contribution in [0.2, 0.25) is 0 Å². The van der Waals surface area contributed by atoms with Gasteiger partial charge < -0.3 is 30.4 Å². The van der Waals surface area contributed by atoms with Crippen LogP contribution in [0, 0.1) is 0 Å². The number of rotatable bonds is 12. The molecule has 47 heavy (non-hydrogen) atoms. The molecule has 254 valence electrons. The zero-order chi connectivity index (χ0) is 33.7. The standard InChI is InChI=1S/C32H40N4O9S2/c1-34-46(39,40)29-6-3-5-27(17-29)43-21-26(37)20-35-31(38)45-28-18-32(44-22-28)12-14-36(15-13-32)47(41,42)30-7-2-4-25(16-30)24-10-8-23(19-33)9-11-24/h2-11,16-17,26,28,34,37H,12-15,18-22,33H2,1H3,(H,35,38). The quantitative estimate of drug-likeness (QED) is 0.220. The third-order valence-electron chi connectivity index (χ3n) is 8.39. The van der Waals surface area contributed by atoms with Gasteiger partial charge in [0.25, 0.3) is 0 Å². The van der Waals surface area contributed by atoms with Crippen molar-refractivity contribution in [3.05, 3.63) is 78.4 Å². The molecular weight excluding hydrogens is 649 g/mol. The Morgan fingerprint density at radius 1 is 1.02 bits per heavy atom. The monoisotopic (exact) mass is 688 g/mol.